The van der Waals surface area contributed by atoms with E-state index in [-0.39, 0.29) is 0 Å². The number of piperazine rings is 1. The Hall–Kier alpha value is -2.95. The lowest BCUT2D eigenvalue weighted by Crippen LogP contribution is -2.49. The maximum Gasteiger partial charge on any atom is 0.416 e. The number of hydrogen-bond donors (Lipinski definition) is 0. The molecule has 1 heterocycles. The monoisotopic (exact) mass is 441 g/mol. The molecule has 160 valence electrons. The number of anilines is 1. The van der Waals surface area contributed by atoms with E-state index >= 15 is 0 Å². The number of rotatable bonds is 5. The summed E-state index contributed by atoms with van der Waals surface area (Å²) in [5.74, 6) is -0.993. The van der Waals surface area contributed by atoms with Gasteiger partial charge in [0.1, 0.15) is 10.6 Å². The molecule has 0 aromatic heterocycles. The van der Waals surface area contributed by atoms with Crippen LogP contribution in [0.1, 0.15) is 5.56 Å². The Morgan fingerprint density at radius 1 is 1.07 bits per heavy atom. The second-order valence-electron chi connectivity index (χ2n) is 6.63. The summed E-state index contributed by atoms with van der Waals surface area (Å²) in [7, 11) is -2.14. The predicted octanol–water partition coefficient (Wildman–Crippen LogP) is 3.07. The Bertz CT molecular complexity index is 961. The molecule has 0 saturated carbocycles. The Kier molecular flexibility index (Phi) is 6.40. The minimum absolute atomic E-state index is 0.344. The first kappa shape index (κ1) is 21.8. The number of hydrogen-bond acceptors (Lipinski definition) is 5. The van der Waals surface area contributed by atoms with E-state index in [1.54, 1.807) is 0 Å². The lowest BCUT2D eigenvalue weighted by molar-refractivity contribution is -0.388. The number of para-hydroxylation sites is 1. The molecular formula is C19H18F3N3O4S. The second-order valence-corrected chi connectivity index (χ2v) is 8.05. The van der Waals surface area contributed by atoms with Gasteiger partial charge in [0.05, 0.1) is 21.3 Å². The minimum atomic E-state index is -4.76. The van der Waals surface area contributed by atoms with Crippen LogP contribution >= 0.6 is 0 Å². The van der Waals surface area contributed by atoms with Gasteiger partial charge in [0.2, 0.25) is 5.91 Å². The quantitative estimate of drug-likeness (QED) is 0.526. The van der Waals surface area contributed by atoms with Gasteiger partial charge in [-0.3, -0.25) is 19.1 Å². The predicted molar refractivity (Wildman–Crippen MR) is 105 cm³/mol. The summed E-state index contributed by atoms with van der Waals surface area (Å²) in [6, 6.07) is 11.4. The van der Waals surface area contributed by atoms with Gasteiger partial charge in [-0.25, -0.2) is 0 Å². The van der Waals surface area contributed by atoms with Crippen LogP contribution in [-0.2, 0) is 21.8 Å². The van der Waals surface area contributed by atoms with Crippen molar-refractivity contribution in [2.45, 2.75) is 11.1 Å². The number of carbonyl (C=O) groups is 1. The number of nitro benzene ring substituents is 1. The summed E-state index contributed by atoms with van der Waals surface area (Å²) in [5.41, 5.74) is -1.10. The molecule has 11 heteroatoms. The average Bonchev–Trinajstić information content (AvgIpc) is 2.73. The topological polar surface area (TPSA) is 83.8 Å². The van der Waals surface area contributed by atoms with E-state index in [2.05, 4.69) is 4.90 Å². The Balaban J connectivity index is 1.66. The van der Waals surface area contributed by atoms with E-state index in [0.717, 1.165) is 11.8 Å². The Morgan fingerprint density at radius 3 is 2.27 bits per heavy atom. The summed E-state index contributed by atoms with van der Waals surface area (Å²) in [6.45, 7) is 1.92. The summed E-state index contributed by atoms with van der Waals surface area (Å²) >= 11 is 0. The van der Waals surface area contributed by atoms with Crippen molar-refractivity contribution >= 4 is 28.1 Å². The number of nitrogens with zero attached hydrogens (tertiary/aromatic N) is 3. The van der Waals surface area contributed by atoms with Gasteiger partial charge in [0, 0.05) is 37.9 Å². The second kappa shape index (κ2) is 8.82. The zero-order chi connectivity index (χ0) is 21.9. The van der Waals surface area contributed by atoms with Crippen molar-refractivity contribution in [3.05, 3.63) is 64.2 Å². The van der Waals surface area contributed by atoms with Crippen LogP contribution in [0.2, 0.25) is 0 Å². The third-order valence-electron chi connectivity index (χ3n) is 4.74. The molecule has 1 saturated heterocycles. The third kappa shape index (κ3) is 4.96. The van der Waals surface area contributed by atoms with Crippen LogP contribution in [0.15, 0.2) is 53.4 Å². The standard InChI is InChI=1S/C19H18F3N3O4S/c20-19(21,22)14-6-7-17(16(12-14)25(27)28)30(29)13-18(26)24-10-8-23(9-11-24)15-4-2-1-3-5-15/h1-7,12H,8-11,13H2. The molecule has 0 spiro atoms. The lowest BCUT2D eigenvalue weighted by atomic mass is 10.2. The molecule has 3 rings (SSSR count). The van der Waals surface area contributed by atoms with E-state index in [4.69, 9.17) is 0 Å². The van der Waals surface area contributed by atoms with E-state index in [1.807, 2.05) is 30.3 Å². The summed E-state index contributed by atoms with van der Waals surface area (Å²) < 4.78 is 51.0. The molecule has 2 aromatic carbocycles. The minimum Gasteiger partial charge on any atom is -0.368 e. The summed E-state index contributed by atoms with van der Waals surface area (Å²) in [5, 5.41) is 11.2. The average molecular weight is 441 g/mol. The highest BCUT2D eigenvalue weighted by Crippen LogP contribution is 2.34. The van der Waals surface area contributed by atoms with Crippen LogP contribution in [0, 0.1) is 10.1 Å². The maximum absolute atomic E-state index is 12.8. The summed E-state index contributed by atoms with van der Waals surface area (Å²) in [6.07, 6.45) is -4.76. The highest BCUT2D eigenvalue weighted by molar-refractivity contribution is 7.86. The van der Waals surface area contributed by atoms with Crippen LogP contribution < -0.4 is 4.90 Å². The van der Waals surface area contributed by atoms with Crippen LogP contribution in [0.5, 0.6) is 0 Å². The van der Waals surface area contributed by atoms with Crippen molar-refractivity contribution in [3.63, 3.8) is 0 Å². The fraction of sp³-hybridized carbons (Fsp3) is 0.316. The van der Waals surface area contributed by atoms with Crippen molar-refractivity contribution in [1.29, 1.82) is 0 Å². The Morgan fingerprint density at radius 2 is 1.70 bits per heavy atom. The SMILES string of the molecule is O=C(CS(=O)c1ccc(C(F)(F)F)cc1[N+](=O)[O-])N1CCN(c2ccccc2)CC1. The molecule has 1 aliphatic heterocycles. The van der Waals surface area contributed by atoms with Gasteiger partial charge in [0.25, 0.3) is 5.69 Å². The first-order valence-electron chi connectivity index (χ1n) is 8.98. The molecule has 2 aromatic rings. The fourth-order valence-electron chi connectivity index (χ4n) is 3.16. The smallest absolute Gasteiger partial charge is 0.368 e. The number of amides is 1. The normalized spacial score (nSPS) is 15.7. The molecule has 7 nitrogen and oxygen atoms in total. The zero-order valence-corrected chi connectivity index (χ0v) is 16.5. The van der Waals surface area contributed by atoms with Gasteiger partial charge in [-0.1, -0.05) is 18.2 Å². The van der Waals surface area contributed by atoms with E-state index in [9.17, 15) is 32.3 Å². The first-order chi connectivity index (χ1) is 14.2. The van der Waals surface area contributed by atoms with Gasteiger partial charge < -0.3 is 9.80 Å². The molecule has 1 aliphatic rings. The molecule has 30 heavy (non-hydrogen) atoms. The zero-order valence-electron chi connectivity index (χ0n) is 15.7. The molecule has 1 unspecified atom stereocenters. The van der Waals surface area contributed by atoms with Gasteiger partial charge in [0.15, 0.2) is 0 Å². The molecule has 1 atom stereocenters. The highest BCUT2D eigenvalue weighted by atomic mass is 32.2. The van der Waals surface area contributed by atoms with Crippen molar-refractivity contribution in [2.24, 2.45) is 0 Å². The van der Waals surface area contributed by atoms with Crippen molar-refractivity contribution in [3.8, 4) is 0 Å². The molecule has 1 amide bonds. The largest absolute Gasteiger partial charge is 0.416 e. The fourth-order valence-corrected chi connectivity index (χ4v) is 4.31. The van der Waals surface area contributed by atoms with Gasteiger partial charge >= 0.3 is 6.18 Å². The van der Waals surface area contributed by atoms with Crippen molar-refractivity contribution < 1.29 is 27.1 Å². The van der Waals surface area contributed by atoms with Crippen LogP contribution in [0.4, 0.5) is 24.5 Å². The number of halogens is 3. The molecular weight excluding hydrogens is 423 g/mol. The van der Waals surface area contributed by atoms with Crippen molar-refractivity contribution in [1.82, 2.24) is 4.90 Å². The van der Waals surface area contributed by atoms with Gasteiger partial charge in [-0.15, -0.1) is 0 Å². The first-order valence-corrected chi connectivity index (χ1v) is 10.3. The van der Waals surface area contributed by atoms with Crippen LogP contribution in [0.3, 0.4) is 0 Å². The molecule has 0 radical (unpaired) electrons. The summed E-state index contributed by atoms with van der Waals surface area (Å²) in [4.78, 5) is 25.8. The molecule has 1 fully saturated rings. The van der Waals surface area contributed by atoms with Crippen LogP contribution in [-0.4, -0.2) is 51.9 Å². The number of benzene rings is 2. The van der Waals surface area contributed by atoms with E-state index < -0.39 is 49.7 Å². The maximum atomic E-state index is 12.8. The Labute approximate surface area is 172 Å². The lowest BCUT2D eigenvalue weighted by Gasteiger charge is -2.36. The highest BCUT2D eigenvalue weighted by Gasteiger charge is 2.34. The molecule has 0 bridgehead atoms. The van der Waals surface area contributed by atoms with Crippen molar-refractivity contribution in [2.75, 3.05) is 36.8 Å². The van der Waals surface area contributed by atoms with Crippen LogP contribution in [0.25, 0.3) is 0 Å². The third-order valence-corrected chi connectivity index (χ3v) is 6.08. The number of carbonyl (C=O) groups excluding carboxylic acids is 1. The van der Waals surface area contributed by atoms with E-state index in [1.165, 1.54) is 4.90 Å². The van der Waals surface area contributed by atoms with E-state index in [0.29, 0.717) is 38.3 Å². The van der Waals surface area contributed by atoms with Gasteiger partial charge in [-0.2, -0.15) is 13.2 Å². The number of alkyl halides is 3. The molecule has 0 aliphatic carbocycles. The molecule has 0 N–H and O–H groups in total. The van der Waals surface area contributed by atoms with Gasteiger partial charge in [-0.05, 0) is 24.3 Å². The number of nitro groups is 1.